The van der Waals surface area contributed by atoms with E-state index in [9.17, 15) is 0 Å². The Morgan fingerprint density at radius 2 is 2.04 bits per heavy atom. The van der Waals surface area contributed by atoms with Gasteiger partial charge in [-0.25, -0.2) is 9.98 Å². The Morgan fingerprint density at radius 3 is 2.67 bits per heavy atom. The minimum absolute atomic E-state index is 0.245. The van der Waals surface area contributed by atoms with E-state index >= 15 is 0 Å². The Kier molecular flexibility index (Phi) is 9.39. The molecule has 0 fully saturated rings. The normalized spacial score (nSPS) is 15.6. The molecule has 3 heteroatoms. The molecule has 0 radical (unpaired) electrons. The number of allylic oxidation sites excluding steroid dienone is 8. The molecule has 1 aliphatic rings. The number of hydrogen-bond acceptors (Lipinski definition) is 1. The molecule has 0 bridgehead atoms. The van der Waals surface area contributed by atoms with E-state index in [0.717, 1.165) is 36.8 Å². The molecule has 0 aromatic carbocycles. The summed E-state index contributed by atoms with van der Waals surface area (Å²) in [4.78, 5) is 8.84. The first kappa shape index (κ1) is 19.2. The molecule has 0 saturated heterocycles. The summed E-state index contributed by atoms with van der Waals surface area (Å²) in [5.74, 6) is 0.730. The van der Waals surface area contributed by atoms with Crippen molar-refractivity contribution >= 4 is 17.9 Å². The zero-order chi connectivity index (χ0) is 17.6. The van der Waals surface area contributed by atoms with E-state index in [1.54, 1.807) is 24.3 Å². The summed E-state index contributed by atoms with van der Waals surface area (Å²) in [5.41, 5.74) is 1.67. The molecule has 3 nitrogen and oxygen atoms in total. The van der Waals surface area contributed by atoms with Crippen molar-refractivity contribution in [1.29, 1.82) is 5.41 Å². The minimum Gasteiger partial charge on any atom is -0.283 e. The smallest absolute Gasteiger partial charge is 0.161 e. The molecule has 0 saturated carbocycles. The molecule has 1 aliphatic carbocycles. The first-order chi connectivity index (χ1) is 11.7. The van der Waals surface area contributed by atoms with Crippen LogP contribution in [0.1, 0.15) is 25.7 Å². The van der Waals surface area contributed by atoms with Gasteiger partial charge < -0.3 is 0 Å². The predicted molar refractivity (Wildman–Crippen MR) is 107 cm³/mol. The van der Waals surface area contributed by atoms with Crippen LogP contribution in [0.15, 0.2) is 95.6 Å². The molecular formula is C21H25N3. The highest BCUT2D eigenvalue weighted by Gasteiger charge is 2.08. The average molecular weight is 319 g/mol. The van der Waals surface area contributed by atoms with Gasteiger partial charge in [-0.15, -0.1) is 0 Å². The first-order valence-electron chi connectivity index (χ1n) is 8.01. The summed E-state index contributed by atoms with van der Waals surface area (Å²) in [6, 6.07) is 0. The maximum absolute atomic E-state index is 8.21. The van der Waals surface area contributed by atoms with Crippen LogP contribution in [0, 0.1) is 5.41 Å². The van der Waals surface area contributed by atoms with E-state index in [1.165, 1.54) is 0 Å². The molecule has 0 heterocycles. The van der Waals surface area contributed by atoms with Gasteiger partial charge in [-0.1, -0.05) is 74.4 Å². The lowest BCUT2D eigenvalue weighted by molar-refractivity contribution is 0.996. The van der Waals surface area contributed by atoms with E-state index in [1.807, 2.05) is 30.5 Å². The summed E-state index contributed by atoms with van der Waals surface area (Å²) in [6.45, 7) is 11.1. The van der Waals surface area contributed by atoms with Crippen LogP contribution >= 0.6 is 0 Å². The third-order valence-electron chi connectivity index (χ3n) is 3.26. The zero-order valence-corrected chi connectivity index (χ0v) is 14.1. The molecule has 0 spiro atoms. The van der Waals surface area contributed by atoms with Gasteiger partial charge in [-0.05, 0) is 31.3 Å². The van der Waals surface area contributed by atoms with Gasteiger partial charge in [0.15, 0.2) is 5.84 Å². The molecule has 1 N–H and O–H groups in total. The van der Waals surface area contributed by atoms with Crippen molar-refractivity contribution in [2.24, 2.45) is 9.98 Å². The van der Waals surface area contributed by atoms with Crippen LogP contribution < -0.4 is 0 Å². The summed E-state index contributed by atoms with van der Waals surface area (Å²) in [7, 11) is 0. The largest absolute Gasteiger partial charge is 0.283 e. The molecule has 0 aliphatic heterocycles. The van der Waals surface area contributed by atoms with Crippen molar-refractivity contribution in [2.45, 2.75) is 25.7 Å². The van der Waals surface area contributed by atoms with Crippen molar-refractivity contribution in [2.75, 3.05) is 0 Å². The van der Waals surface area contributed by atoms with Crippen LogP contribution in [-0.2, 0) is 0 Å². The second-order valence-electron chi connectivity index (χ2n) is 5.06. The number of nitrogens with zero attached hydrogens (tertiary/aromatic N) is 2. The van der Waals surface area contributed by atoms with Gasteiger partial charge in [0.2, 0.25) is 0 Å². The Hall–Kier alpha value is -2.81. The second kappa shape index (κ2) is 11.7. The summed E-state index contributed by atoms with van der Waals surface area (Å²) < 4.78 is 0. The highest BCUT2D eigenvalue weighted by molar-refractivity contribution is 6.13. The van der Waals surface area contributed by atoms with Crippen LogP contribution in [0.3, 0.4) is 0 Å². The Balaban J connectivity index is 2.95. The minimum atomic E-state index is 0.245. The number of hydrogen-bond donors (Lipinski definition) is 1. The second-order valence-corrected chi connectivity index (χ2v) is 5.06. The van der Waals surface area contributed by atoms with E-state index in [4.69, 9.17) is 5.41 Å². The SMILES string of the molecule is C=C/C=C\CCC=NC(=NC(=N)C1=CC=CCC1)/C(C=C)=C/C=C. The number of rotatable bonds is 8. The van der Waals surface area contributed by atoms with Crippen LogP contribution in [0.2, 0.25) is 0 Å². The molecule has 124 valence electrons. The molecule has 0 amide bonds. The molecular weight excluding hydrogens is 294 g/mol. The molecule has 24 heavy (non-hydrogen) atoms. The van der Waals surface area contributed by atoms with Gasteiger partial charge in [0.1, 0.15) is 5.84 Å². The van der Waals surface area contributed by atoms with E-state index < -0.39 is 0 Å². The number of aliphatic imine (C=N–C) groups is 2. The van der Waals surface area contributed by atoms with Crippen LogP contribution in [0.5, 0.6) is 0 Å². The zero-order valence-electron chi connectivity index (χ0n) is 14.1. The van der Waals surface area contributed by atoms with Gasteiger partial charge in [0.05, 0.1) is 0 Å². The first-order valence-corrected chi connectivity index (χ1v) is 8.01. The maximum atomic E-state index is 8.21. The summed E-state index contributed by atoms with van der Waals surface area (Å²) >= 11 is 0. The van der Waals surface area contributed by atoms with E-state index in [0.29, 0.717) is 5.84 Å². The highest BCUT2D eigenvalue weighted by Crippen LogP contribution is 2.14. The third-order valence-corrected chi connectivity index (χ3v) is 3.26. The predicted octanol–water partition coefficient (Wildman–Crippen LogP) is 5.53. The van der Waals surface area contributed by atoms with Crippen molar-refractivity contribution in [1.82, 2.24) is 0 Å². The summed E-state index contributed by atoms with van der Waals surface area (Å²) in [5, 5.41) is 8.21. The quantitative estimate of drug-likeness (QED) is 0.265. The number of nitrogens with one attached hydrogen (secondary N) is 1. The third kappa shape index (κ3) is 6.97. The van der Waals surface area contributed by atoms with Gasteiger partial charge in [-0.2, -0.15) is 0 Å². The lowest BCUT2D eigenvalue weighted by Gasteiger charge is -2.08. The van der Waals surface area contributed by atoms with Crippen molar-refractivity contribution in [3.63, 3.8) is 0 Å². The number of unbranched alkanes of at least 4 members (excludes halogenated alkanes) is 1. The van der Waals surface area contributed by atoms with E-state index in [-0.39, 0.29) is 5.84 Å². The van der Waals surface area contributed by atoms with Crippen molar-refractivity contribution in [3.8, 4) is 0 Å². The fourth-order valence-corrected chi connectivity index (χ4v) is 2.02. The number of amidine groups is 2. The molecule has 0 aromatic heterocycles. The van der Waals surface area contributed by atoms with Gasteiger partial charge >= 0.3 is 0 Å². The lowest BCUT2D eigenvalue weighted by atomic mass is 10.0. The maximum Gasteiger partial charge on any atom is 0.161 e. The van der Waals surface area contributed by atoms with E-state index in [2.05, 4.69) is 35.8 Å². The molecule has 1 rings (SSSR count). The Bertz CT molecular complexity index is 653. The molecule has 0 atom stereocenters. The van der Waals surface area contributed by atoms with Crippen LogP contribution in [0.25, 0.3) is 0 Å². The Morgan fingerprint density at radius 1 is 1.21 bits per heavy atom. The monoisotopic (exact) mass is 319 g/mol. The fourth-order valence-electron chi connectivity index (χ4n) is 2.02. The topological polar surface area (TPSA) is 48.6 Å². The van der Waals surface area contributed by atoms with Gasteiger partial charge in [0.25, 0.3) is 0 Å². The van der Waals surface area contributed by atoms with Crippen molar-refractivity contribution < 1.29 is 0 Å². The van der Waals surface area contributed by atoms with Crippen molar-refractivity contribution in [3.05, 3.63) is 85.6 Å². The fraction of sp³-hybridized carbons (Fsp3) is 0.190. The summed E-state index contributed by atoms with van der Waals surface area (Å²) in [6.07, 6.45) is 22.1. The van der Waals surface area contributed by atoms with Gasteiger partial charge in [0, 0.05) is 11.8 Å². The highest BCUT2D eigenvalue weighted by atomic mass is 14.9. The standard InChI is InChI=1S/C21H25N3/c1-4-7-8-9-13-17-23-21(18(6-3)14-5-2)24-20(22)19-15-11-10-12-16-19/h4-8,10-11,14-15,17,22H,1-3,9,12-13,16H2/b8-7-,18-14+,22-20?,23-17?,24-21?. The molecule has 0 aromatic rings. The lowest BCUT2D eigenvalue weighted by Crippen LogP contribution is -2.06. The van der Waals surface area contributed by atoms with Crippen LogP contribution in [0.4, 0.5) is 0 Å². The van der Waals surface area contributed by atoms with Crippen LogP contribution in [-0.4, -0.2) is 17.9 Å². The Labute approximate surface area is 145 Å². The van der Waals surface area contributed by atoms with Gasteiger partial charge in [-0.3, -0.25) is 5.41 Å². The molecule has 0 unspecified atom stereocenters. The average Bonchev–Trinajstić information content (AvgIpc) is 2.62.